The zero-order chi connectivity index (χ0) is 38.8. The summed E-state index contributed by atoms with van der Waals surface area (Å²) in [6.07, 6.45) is 16.9. The number of nitrogens with zero attached hydrogens (tertiary/aromatic N) is 5. The van der Waals surface area contributed by atoms with Gasteiger partial charge < -0.3 is 34.1 Å². The van der Waals surface area contributed by atoms with Crippen LogP contribution in [0.5, 0.6) is 17.6 Å². The third-order valence-corrected chi connectivity index (χ3v) is 13.1. The van der Waals surface area contributed by atoms with Crippen LogP contribution in [0, 0.1) is 29.4 Å². The molecule has 0 bridgehead atoms. The van der Waals surface area contributed by atoms with Crippen LogP contribution in [0.1, 0.15) is 76.7 Å². The number of aliphatic hydroxyl groups is 1. The zero-order valence-corrected chi connectivity index (χ0v) is 32.1. The van der Waals surface area contributed by atoms with E-state index in [4.69, 9.17) is 35.3 Å². The highest BCUT2D eigenvalue weighted by atomic mass is 19.1. The van der Waals surface area contributed by atoms with Crippen molar-refractivity contribution >= 4 is 27.5 Å². The molecule has 9 rings (SSSR count). The van der Waals surface area contributed by atoms with Gasteiger partial charge in [0.25, 0.3) is 0 Å². The van der Waals surface area contributed by atoms with Crippen molar-refractivity contribution in [3.63, 3.8) is 0 Å². The molecule has 5 aliphatic rings. The second kappa shape index (κ2) is 14.2. The number of rotatable bonds is 7. The summed E-state index contributed by atoms with van der Waals surface area (Å²) in [5, 5.41) is 22.8. The third-order valence-electron chi connectivity index (χ3n) is 13.1. The van der Waals surface area contributed by atoms with Crippen molar-refractivity contribution in [3.05, 3.63) is 41.5 Å². The number of benzene rings is 2. The van der Waals surface area contributed by atoms with E-state index in [1.165, 1.54) is 44.2 Å². The molecule has 4 aromatic rings. The molecule has 11 nitrogen and oxygen atoms in total. The summed E-state index contributed by atoms with van der Waals surface area (Å²) >= 11 is 0. The first-order valence-electron chi connectivity index (χ1n) is 20.0. The van der Waals surface area contributed by atoms with Crippen LogP contribution in [-0.4, -0.2) is 107 Å². The monoisotopic (exact) mass is 769 g/mol. The minimum absolute atomic E-state index is 0.00546. The minimum Gasteiger partial charge on any atom is -0.508 e. The van der Waals surface area contributed by atoms with Gasteiger partial charge in [-0.25, -0.2) is 13.8 Å². The maximum Gasteiger partial charge on any atom is 0.319 e. The molecule has 0 amide bonds. The smallest absolute Gasteiger partial charge is 0.319 e. The molecule has 296 valence electrons. The Bertz CT molecular complexity index is 2220. The molecular weight excluding hydrogens is 720 g/mol. The molecule has 56 heavy (non-hydrogen) atoms. The lowest BCUT2D eigenvalue weighted by Gasteiger charge is -2.48. The minimum atomic E-state index is -1.24. The summed E-state index contributed by atoms with van der Waals surface area (Å²) in [7, 11) is 1.41. The summed E-state index contributed by atoms with van der Waals surface area (Å²) in [6.45, 7) is 4.70. The molecule has 5 heterocycles. The lowest BCUT2D eigenvalue weighted by molar-refractivity contribution is -0.0267. The number of fused-ring (bicyclic) bond motifs is 3. The molecule has 0 radical (unpaired) electrons. The fourth-order valence-electron chi connectivity index (χ4n) is 10.6. The fourth-order valence-corrected chi connectivity index (χ4v) is 10.6. The van der Waals surface area contributed by atoms with Gasteiger partial charge in [-0.3, -0.25) is 4.90 Å². The van der Waals surface area contributed by atoms with Crippen LogP contribution in [0.3, 0.4) is 0 Å². The van der Waals surface area contributed by atoms with E-state index >= 15 is 8.78 Å². The van der Waals surface area contributed by atoms with Gasteiger partial charge in [-0.15, -0.1) is 6.42 Å². The Kier molecular flexibility index (Phi) is 9.47. The largest absolute Gasteiger partial charge is 0.508 e. The molecule has 3 saturated heterocycles. The summed E-state index contributed by atoms with van der Waals surface area (Å²) in [5.41, 5.74) is -1.73. The standard InChI is InChI=1S/C43H49F2N5O6/c1-4-29-31(44)11-10-26-19-28(51)20-30(33(26)29)36-35(45)37-34(39(46-36)53-3)38(49-17-18-54-24-41(2,52)23-49)48-40(47-37)55-25-42-12-7-9-32(42)50(16-8-13-42)27-21-43(56-22-27)14-5-6-15-43/h1,10-11,19-20,27,32,51-52H,5-9,12-18,21-25H2,2-3H3. The Morgan fingerprint density at radius 2 is 1.86 bits per heavy atom. The van der Waals surface area contributed by atoms with Crippen LogP contribution in [0.2, 0.25) is 0 Å². The maximum atomic E-state index is 17.4. The third kappa shape index (κ3) is 6.39. The molecule has 2 N–H and O–H groups in total. The van der Waals surface area contributed by atoms with Crippen molar-refractivity contribution in [2.24, 2.45) is 5.41 Å². The van der Waals surface area contributed by atoms with E-state index in [0.29, 0.717) is 30.6 Å². The lowest BCUT2D eigenvalue weighted by atomic mass is 9.74. The Morgan fingerprint density at radius 3 is 2.66 bits per heavy atom. The lowest BCUT2D eigenvalue weighted by Crippen LogP contribution is -2.55. The first-order valence-corrected chi connectivity index (χ1v) is 20.0. The van der Waals surface area contributed by atoms with E-state index in [-0.39, 0.29) is 87.3 Å². The van der Waals surface area contributed by atoms with Crippen LogP contribution in [-0.2, 0) is 9.47 Å². The molecule has 1 spiro atoms. The highest BCUT2D eigenvalue weighted by Gasteiger charge is 2.53. The van der Waals surface area contributed by atoms with E-state index in [1.54, 1.807) is 6.92 Å². The number of terminal acetylenes is 1. The maximum absolute atomic E-state index is 17.4. The summed E-state index contributed by atoms with van der Waals surface area (Å²) in [5.74, 6) is 0.957. The Morgan fingerprint density at radius 1 is 1.04 bits per heavy atom. The van der Waals surface area contributed by atoms with Crippen LogP contribution >= 0.6 is 0 Å². The van der Waals surface area contributed by atoms with Crippen molar-refractivity contribution in [1.82, 2.24) is 19.9 Å². The number of phenols is 1. The number of anilines is 1. The molecule has 3 aliphatic heterocycles. The zero-order valence-electron chi connectivity index (χ0n) is 32.1. The van der Waals surface area contributed by atoms with E-state index < -0.39 is 17.2 Å². The highest BCUT2D eigenvalue weighted by Crippen LogP contribution is 2.51. The van der Waals surface area contributed by atoms with Crippen LogP contribution in [0.15, 0.2) is 24.3 Å². The second-order valence-electron chi connectivity index (χ2n) is 16.9. The molecule has 4 atom stereocenters. The van der Waals surface area contributed by atoms with Crippen LogP contribution < -0.4 is 14.4 Å². The molecule has 2 aromatic carbocycles. The van der Waals surface area contributed by atoms with Crippen molar-refractivity contribution in [2.75, 3.05) is 58.1 Å². The van der Waals surface area contributed by atoms with Gasteiger partial charge in [-0.05, 0) is 82.0 Å². The Balaban J connectivity index is 1.14. The predicted molar refractivity (Wildman–Crippen MR) is 207 cm³/mol. The van der Waals surface area contributed by atoms with Crippen LogP contribution in [0.4, 0.5) is 14.6 Å². The number of ether oxygens (including phenoxy) is 4. The topological polar surface area (TPSA) is 123 Å². The van der Waals surface area contributed by atoms with Crippen LogP contribution in [0.25, 0.3) is 32.9 Å². The predicted octanol–water partition coefficient (Wildman–Crippen LogP) is 6.52. The van der Waals surface area contributed by atoms with Gasteiger partial charge in [0.1, 0.15) is 39.6 Å². The molecular formula is C43H49F2N5O6. The summed E-state index contributed by atoms with van der Waals surface area (Å²) in [6, 6.07) is 6.13. The summed E-state index contributed by atoms with van der Waals surface area (Å²) < 4.78 is 57.2. The van der Waals surface area contributed by atoms with Crippen molar-refractivity contribution < 1.29 is 37.9 Å². The quantitative estimate of drug-likeness (QED) is 0.200. The van der Waals surface area contributed by atoms with Gasteiger partial charge in [0, 0.05) is 35.0 Å². The average Bonchev–Trinajstić information content (AvgIpc) is 3.92. The van der Waals surface area contributed by atoms with Gasteiger partial charge >= 0.3 is 6.01 Å². The number of aromatic nitrogens is 3. The molecule has 4 unspecified atom stereocenters. The SMILES string of the molecule is C#Cc1c(F)ccc2cc(O)cc(-c3nc(OC)c4c(N5CCOCC(C)(O)C5)nc(OCC56CCCC5N(C5COC7(CCCC7)C5)CCC6)nc4c3F)c12. The number of likely N-dealkylation sites (tertiary alicyclic amines) is 1. The highest BCUT2D eigenvalue weighted by molar-refractivity contribution is 6.04. The number of hydrogen-bond acceptors (Lipinski definition) is 11. The van der Waals surface area contributed by atoms with Gasteiger partial charge in [0.05, 0.1) is 51.2 Å². The average molecular weight is 770 g/mol. The number of aromatic hydroxyl groups is 1. The molecule has 2 aliphatic carbocycles. The number of pyridine rings is 1. The Labute approximate surface area is 325 Å². The van der Waals surface area contributed by atoms with Gasteiger partial charge in [0.2, 0.25) is 5.88 Å². The number of halogens is 2. The van der Waals surface area contributed by atoms with Crippen molar-refractivity contribution in [3.8, 4) is 41.2 Å². The molecule has 13 heteroatoms. The number of phenolic OH excluding ortho intramolecular Hbond substituents is 1. The molecule has 2 aromatic heterocycles. The van der Waals surface area contributed by atoms with Gasteiger partial charge in [0.15, 0.2) is 5.82 Å². The first-order chi connectivity index (χ1) is 27.0. The van der Waals surface area contributed by atoms with E-state index in [9.17, 15) is 10.2 Å². The molecule has 5 fully saturated rings. The van der Waals surface area contributed by atoms with E-state index in [0.717, 1.165) is 64.5 Å². The van der Waals surface area contributed by atoms with E-state index in [2.05, 4.69) is 15.8 Å². The first kappa shape index (κ1) is 37.2. The van der Waals surface area contributed by atoms with E-state index in [1.807, 2.05) is 4.90 Å². The number of β-amino-alcohol motifs (C(OH)–C–C–N with tert-alkyl or cyclic N) is 1. The van der Waals surface area contributed by atoms with Gasteiger partial charge in [-0.1, -0.05) is 31.2 Å². The van der Waals surface area contributed by atoms with Crippen molar-refractivity contribution in [1.29, 1.82) is 0 Å². The number of methoxy groups -OCH3 is 1. The number of hydrogen-bond donors (Lipinski definition) is 2. The summed E-state index contributed by atoms with van der Waals surface area (Å²) in [4.78, 5) is 18.8. The number of piperidine rings is 1. The van der Waals surface area contributed by atoms with Gasteiger partial charge in [-0.2, -0.15) is 9.97 Å². The second-order valence-corrected chi connectivity index (χ2v) is 16.9. The molecule has 2 saturated carbocycles. The van der Waals surface area contributed by atoms with Crippen molar-refractivity contribution in [2.45, 2.75) is 94.4 Å². The normalized spacial score (nSPS) is 27.8. The Hall–Kier alpha value is -4.35. The fraction of sp³-hybridized carbons (Fsp3) is 0.558.